The van der Waals surface area contributed by atoms with Crippen LogP contribution in [0.2, 0.25) is 0 Å². The number of benzene rings is 6. The Labute approximate surface area is 259 Å². The number of hydrogen-bond acceptors (Lipinski definition) is 3. The van der Waals surface area contributed by atoms with Gasteiger partial charge in [-0.2, -0.15) is 10.5 Å². The molecule has 0 aliphatic heterocycles. The van der Waals surface area contributed by atoms with Crippen LogP contribution in [0.3, 0.4) is 0 Å². The second-order valence-electron chi connectivity index (χ2n) is 10.8. The molecular formula is C40H26N4O. The van der Waals surface area contributed by atoms with Crippen LogP contribution in [0, 0.1) is 22.7 Å². The SMILES string of the molecule is CC.N#Cc1ccc2c(c1)c1ccccc1n2-c1ccc2oc3cccc(-n4c5ccccc5c5cc(C#N)ccc54)c3c2c1. The van der Waals surface area contributed by atoms with Gasteiger partial charge in [0.1, 0.15) is 11.2 Å². The summed E-state index contributed by atoms with van der Waals surface area (Å²) in [6, 6.07) is 45.5. The molecule has 0 N–H and O–H groups in total. The smallest absolute Gasteiger partial charge is 0.137 e. The molecule has 0 unspecified atom stereocenters. The Balaban J connectivity index is 0.00000147. The van der Waals surface area contributed by atoms with Gasteiger partial charge in [0.25, 0.3) is 0 Å². The van der Waals surface area contributed by atoms with E-state index in [-0.39, 0.29) is 0 Å². The van der Waals surface area contributed by atoms with Gasteiger partial charge >= 0.3 is 0 Å². The van der Waals surface area contributed by atoms with E-state index in [9.17, 15) is 10.5 Å². The van der Waals surface area contributed by atoms with Crippen LogP contribution in [0.15, 0.2) is 126 Å². The van der Waals surface area contributed by atoms with Gasteiger partial charge in [-0.25, -0.2) is 0 Å². The first-order chi connectivity index (χ1) is 22.2. The highest BCUT2D eigenvalue weighted by Gasteiger charge is 2.19. The Morgan fingerprint density at radius 3 is 1.71 bits per heavy atom. The number of nitriles is 2. The van der Waals surface area contributed by atoms with E-state index >= 15 is 0 Å². The van der Waals surface area contributed by atoms with Crippen molar-refractivity contribution in [1.29, 1.82) is 10.5 Å². The highest BCUT2D eigenvalue weighted by molar-refractivity contribution is 6.15. The minimum absolute atomic E-state index is 0.639. The fourth-order valence-corrected chi connectivity index (χ4v) is 6.74. The Kier molecular flexibility index (Phi) is 5.95. The summed E-state index contributed by atoms with van der Waals surface area (Å²) < 4.78 is 11.0. The van der Waals surface area contributed by atoms with Gasteiger partial charge in [0.15, 0.2) is 0 Å². The normalized spacial score (nSPS) is 11.3. The van der Waals surface area contributed by atoms with Gasteiger partial charge in [-0.3, -0.25) is 0 Å². The first kappa shape index (κ1) is 26.3. The minimum Gasteiger partial charge on any atom is -0.456 e. The van der Waals surface area contributed by atoms with Crippen molar-refractivity contribution in [3.63, 3.8) is 0 Å². The van der Waals surface area contributed by atoms with E-state index in [1.165, 1.54) is 0 Å². The third-order valence-corrected chi connectivity index (χ3v) is 8.56. The highest BCUT2D eigenvalue weighted by atomic mass is 16.3. The van der Waals surface area contributed by atoms with E-state index in [2.05, 4.69) is 69.8 Å². The topological polar surface area (TPSA) is 70.6 Å². The molecule has 212 valence electrons. The molecule has 0 amide bonds. The van der Waals surface area contributed by atoms with Crippen molar-refractivity contribution < 1.29 is 4.42 Å². The molecular weight excluding hydrogens is 552 g/mol. The van der Waals surface area contributed by atoms with Gasteiger partial charge in [-0.05, 0) is 78.9 Å². The van der Waals surface area contributed by atoms with Gasteiger partial charge in [0.2, 0.25) is 0 Å². The third kappa shape index (κ3) is 3.78. The second kappa shape index (κ2) is 10.2. The number of aromatic nitrogens is 2. The largest absolute Gasteiger partial charge is 0.456 e. The summed E-state index contributed by atoms with van der Waals surface area (Å²) >= 11 is 0. The predicted molar refractivity (Wildman–Crippen MR) is 183 cm³/mol. The Morgan fingerprint density at radius 1 is 0.489 bits per heavy atom. The van der Waals surface area contributed by atoms with Gasteiger partial charge in [0.05, 0.1) is 56.4 Å². The van der Waals surface area contributed by atoms with Crippen LogP contribution in [-0.2, 0) is 0 Å². The first-order valence-corrected chi connectivity index (χ1v) is 15.1. The molecule has 0 fully saturated rings. The molecule has 3 aromatic heterocycles. The standard InChI is InChI=1S/C38H20N4O.C2H6/c39-21-23-12-15-33-28(18-23)26-6-1-3-8-31(26)41(33)25-14-17-36-30(20-25)38-35(10-5-11-37(38)43-36)42-32-9-4-2-7-27(32)29-19-24(22-40)13-16-34(29)42;1-2/h1-20H;1-2H3. The van der Waals surface area contributed by atoms with Crippen molar-refractivity contribution in [2.75, 3.05) is 0 Å². The number of nitrogens with zero attached hydrogens (tertiary/aromatic N) is 4. The maximum atomic E-state index is 9.60. The van der Waals surface area contributed by atoms with E-state index in [4.69, 9.17) is 4.42 Å². The van der Waals surface area contributed by atoms with E-state index in [1.807, 2.05) is 86.6 Å². The highest BCUT2D eigenvalue weighted by Crippen LogP contribution is 2.40. The number of fused-ring (bicyclic) bond motifs is 9. The molecule has 3 heterocycles. The molecule has 0 spiro atoms. The zero-order chi connectivity index (χ0) is 30.7. The van der Waals surface area contributed by atoms with E-state index in [0.717, 1.165) is 76.9 Å². The monoisotopic (exact) mass is 578 g/mol. The van der Waals surface area contributed by atoms with Crippen LogP contribution in [0.4, 0.5) is 0 Å². The lowest BCUT2D eigenvalue weighted by molar-refractivity contribution is 0.669. The molecule has 0 saturated heterocycles. The van der Waals surface area contributed by atoms with Crippen LogP contribution in [0.25, 0.3) is 76.9 Å². The van der Waals surface area contributed by atoms with Gasteiger partial charge in [0, 0.05) is 32.6 Å². The maximum absolute atomic E-state index is 9.60. The zero-order valence-corrected chi connectivity index (χ0v) is 24.7. The molecule has 0 aliphatic carbocycles. The van der Waals surface area contributed by atoms with Crippen LogP contribution >= 0.6 is 0 Å². The average molecular weight is 579 g/mol. The van der Waals surface area contributed by atoms with Gasteiger partial charge < -0.3 is 13.6 Å². The van der Waals surface area contributed by atoms with Crippen LogP contribution in [0.5, 0.6) is 0 Å². The fourth-order valence-electron chi connectivity index (χ4n) is 6.74. The summed E-state index contributed by atoms with van der Waals surface area (Å²) in [6.45, 7) is 4.00. The van der Waals surface area contributed by atoms with Crippen molar-refractivity contribution in [1.82, 2.24) is 9.13 Å². The van der Waals surface area contributed by atoms with Crippen molar-refractivity contribution in [3.05, 3.63) is 132 Å². The number of furan rings is 1. The zero-order valence-electron chi connectivity index (χ0n) is 24.7. The Bertz CT molecular complexity index is 2710. The van der Waals surface area contributed by atoms with Crippen LogP contribution in [-0.4, -0.2) is 9.13 Å². The molecule has 45 heavy (non-hydrogen) atoms. The van der Waals surface area contributed by atoms with Crippen LogP contribution in [0.1, 0.15) is 25.0 Å². The summed E-state index contributed by atoms with van der Waals surface area (Å²) in [5, 5.41) is 25.5. The minimum atomic E-state index is 0.639. The summed E-state index contributed by atoms with van der Waals surface area (Å²) in [5.74, 6) is 0. The number of hydrogen-bond donors (Lipinski definition) is 0. The summed E-state index contributed by atoms with van der Waals surface area (Å²) in [4.78, 5) is 0. The molecule has 0 saturated carbocycles. The quantitative estimate of drug-likeness (QED) is 0.205. The number of rotatable bonds is 2. The molecule has 0 radical (unpaired) electrons. The molecule has 6 aromatic carbocycles. The van der Waals surface area contributed by atoms with Crippen molar-refractivity contribution in [3.8, 4) is 23.5 Å². The Morgan fingerprint density at radius 2 is 1.07 bits per heavy atom. The second-order valence-corrected chi connectivity index (χ2v) is 10.8. The summed E-state index contributed by atoms with van der Waals surface area (Å²) in [6.07, 6.45) is 0. The van der Waals surface area contributed by atoms with Crippen LogP contribution < -0.4 is 0 Å². The van der Waals surface area contributed by atoms with Crippen molar-refractivity contribution >= 4 is 65.6 Å². The molecule has 5 nitrogen and oxygen atoms in total. The van der Waals surface area contributed by atoms with Crippen molar-refractivity contribution in [2.45, 2.75) is 13.8 Å². The molecule has 9 aromatic rings. The molecule has 0 aliphatic rings. The molecule has 0 bridgehead atoms. The summed E-state index contributed by atoms with van der Waals surface area (Å²) in [5.41, 5.74) is 9.17. The maximum Gasteiger partial charge on any atom is 0.137 e. The predicted octanol–water partition coefficient (Wildman–Crippen LogP) is 10.5. The average Bonchev–Trinajstić information content (AvgIpc) is 3.76. The Hall–Kier alpha value is -6.30. The molecule has 0 atom stereocenters. The van der Waals surface area contributed by atoms with Crippen molar-refractivity contribution in [2.24, 2.45) is 0 Å². The van der Waals surface area contributed by atoms with E-state index in [0.29, 0.717) is 11.1 Å². The lowest BCUT2D eigenvalue weighted by Crippen LogP contribution is -1.95. The van der Waals surface area contributed by atoms with Gasteiger partial charge in [-0.15, -0.1) is 0 Å². The molecule has 9 rings (SSSR count). The fraction of sp³-hybridized carbons (Fsp3) is 0.0500. The van der Waals surface area contributed by atoms with E-state index < -0.39 is 0 Å². The lowest BCUT2D eigenvalue weighted by atomic mass is 10.1. The van der Waals surface area contributed by atoms with E-state index in [1.54, 1.807) is 0 Å². The third-order valence-electron chi connectivity index (χ3n) is 8.56. The van der Waals surface area contributed by atoms with Gasteiger partial charge in [-0.1, -0.05) is 56.3 Å². The first-order valence-electron chi connectivity index (χ1n) is 15.1. The lowest BCUT2D eigenvalue weighted by Gasteiger charge is -2.11. The number of para-hydroxylation sites is 2. The summed E-state index contributed by atoms with van der Waals surface area (Å²) in [7, 11) is 0. The molecule has 5 heteroatoms.